The maximum absolute atomic E-state index is 8.62. The molecule has 1 N–H and O–H groups in total. The number of hydrogen-bond donors (Lipinski definition) is 1. The summed E-state index contributed by atoms with van der Waals surface area (Å²) in [5.41, 5.74) is 1.14. The molecule has 0 saturated heterocycles. The molecule has 0 aromatic carbocycles. The van der Waals surface area contributed by atoms with Crippen molar-refractivity contribution in [3.63, 3.8) is 0 Å². The van der Waals surface area contributed by atoms with Gasteiger partial charge in [-0.05, 0) is 41.4 Å². The summed E-state index contributed by atoms with van der Waals surface area (Å²) >= 11 is 3.41. The molecule has 0 bridgehead atoms. The van der Waals surface area contributed by atoms with Gasteiger partial charge in [0.05, 0.1) is 19.8 Å². The van der Waals surface area contributed by atoms with E-state index in [1.54, 1.807) is 6.20 Å². The molecule has 0 aliphatic carbocycles. The molecule has 5 heteroatoms. The molecule has 0 fully saturated rings. The molecule has 0 radical (unpaired) electrons. The van der Waals surface area contributed by atoms with Crippen LogP contribution in [-0.4, -0.2) is 43.0 Å². The van der Waals surface area contributed by atoms with E-state index < -0.39 is 0 Å². The van der Waals surface area contributed by atoms with Crippen molar-refractivity contribution in [1.82, 2.24) is 4.98 Å². The van der Waals surface area contributed by atoms with Crippen LogP contribution in [0.5, 0.6) is 0 Å². The molecule has 0 saturated carbocycles. The lowest BCUT2D eigenvalue weighted by atomic mass is 10.2. The number of rotatable bonds is 7. The summed E-state index contributed by atoms with van der Waals surface area (Å²) < 4.78 is 6.26. The van der Waals surface area contributed by atoms with Gasteiger partial charge in [-0.15, -0.1) is 0 Å². The lowest BCUT2D eigenvalue weighted by Crippen LogP contribution is -2.29. The number of ether oxygens (including phenoxy) is 1. The van der Waals surface area contributed by atoms with Gasteiger partial charge >= 0.3 is 0 Å². The summed E-state index contributed by atoms with van der Waals surface area (Å²) in [6.07, 6.45) is 1.81. The van der Waals surface area contributed by atoms with Crippen molar-refractivity contribution in [3.8, 4) is 0 Å². The summed E-state index contributed by atoms with van der Waals surface area (Å²) in [4.78, 5) is 6.59. The third-order valence-corrected chi connectivity index (χ3v) is 2.87. The molecule has 4 nitrogen and oxygen atoms in total. The van der Waals surface area contributed by atoms with Crippen molar-refractivity contribution >= 4 is 21.7 Å². The first-order valence-electron chi connectivity index (χ1n) is 5.74. The van der Waals surface area contributed by atoms with Crippen LogP contribution in [0.25, 0.3) is 0 Å². The third-order valence-electron chi connectivity index (χ3n) is 2.44. The molecule has 1 rings (SSSR count). The van der Waals surface area contributed by atoms with Crippen LogP contribution in [0.2, 0.25) is 0 Å². The second-order valence-electron chi connectivity index (χ2n) is 3.71. The SMILES string of the molecule is CCN(CCOCCO)c1ncc(Br)cc1C. The molecule has 0 spiro atoms. The van der Waals surface area contributed by atoms with Crippen LogP contribution in [-0.2, 0) is 4.74 Å². The lowest BCUT2D eigenvalue weighted by molar-refractivity contribution is 0.0967. The number of halogens is 1. The van der Waals surface area contributed by atoms with E-state index in [1.807, 2.05) is 6.92 Å². The molecule has 0 amide bonds. The van der Waals surface area contributed by atoms with E-state index in [4.69, 9.17) is 9.84 Å². The molecule has 0 unspecified atom stereocenters. The van der Waals surface area contributed by atoms with Crippen LogP contribution in [0, 0.1) is 6.92 Å². The van der Waals surface area contributed by atoms with E-state index in [2.05, 4.69) is 38.8 Å². The molecule has 17 heavy (non-hydrogen) atoms. The summed E-state index contributed by atoms with van der Waals surface area (Å²) in [6.45, 7) is 6.88. The summed E-state index contributed by atoms with van der Waals surface area (Å²) in [5.74, 6) is 0.989. The quantitative estimate of drug-likeness (QED) is 0.783. The zero-order chi connectivity index (χ0) is 12.7. The van der Waals surface area contributed by atoms with Gasteiger partial charge in [-0.3, -0.25) is 0 Å². The van der Waals surface area contributed by atoms with E-state index in [9.17, 15) is 0 Å². The summed E-state index contributed by atoms with van der Waals surface area (Å²) in [6, 6.07) is 2.06. The zero-order valence-electron chi connectivity index (χ0n) is 10.3. The van der Waals surface area contributed by atoms with Gasteiger partial charge in [0.1, 0.15) is 5.82 Å². The Hall–Kier alpha value is -0.650. The van der Waals surface area contributed by atoms with Gasteiger partial charge in [0, 0.05) is 23.8 Å². The highest BCUT2D eigenvalue weighted by molar-refractivity contribution is 9.10. The van der Waals surface area contributed by atoms with Crippen LogP contribution < -0.4 is 4.90 Å². The van der Waals surface area contributed by atoms with E-state index in [0.29, 0.717) is 13.2 Å². The van der Waals surface area contributed by atoms with E-state index in [1.165, 1.54) is 0 Å². The first-order chi connectivity index (χ1) is 8.19. The molecule has 1 aromatic rings. The van der Waals surface area contributed by atoms with Gasteiger partial charge in [-0.2, -0.15) is 0 Å². The van der Waals surface area contributed by atoms with Crippen LogP contribution in [0.4, 0.5) is 5.82 Å². The van der Waals surface area contributed by atoms with Crippen LogP contribution in [0.3, 0.4) is 0 Å². The fraction of sp³-hybridized carbons (Fsp3) is 0.583. The highest BCUT2D eigenvalue weighted by atomic mass is 79.9. The number of pyridine rings is 1. The number of aliphatic hydroxyl groups excluding tert-OH is 1. The van der Waals surface area contributed by atoms with Gasteiger partial charge in [-0.25, -0.2) is 4.98 Å². The number of aryl methyl sites for hydroxylation is 1. The minimum absolute atomic E-state index is 0.0711. The number of aliphatic hydroxyl groups is 1. The van der Waals surface area contributed by atoms with Gasteiger partial charge < -0.3 is 14.7 Å². The number of hydrogen-bond acceptors (Lipinski definition) is 4. The Kier molecular flexibility index (Phi) is 6.47. The standard InChI is InChI=1S/C12H19BrN2O2/c1-3-15(4-6-17-7-5-16)12-10(2)8-11(13)9-14-12/h8-9,16H,3-7H2,1-2H3. The van der Waals surface area contributed by atoms with Crippen LogP contribution >= 0.6 is 15.9 Å². The van der Waals surface area contributed by atoms with Crippen molar-refractivity contribution in [1.29, 1.82) is 0 Å². The fourth-order valence-electron chi connectivity index (χ4n) is 1.62. The predicted octanol–water partition coefficient (Wildman–Crippen LogP) is 1.99. The molecular formula is C12H19BrN2O2. The molecule has 1 aromatic heterocycles. The number of likely N-dealkylation sites (N-methyl/N-ethyl adjacent to an activating group) is 1. The highest BCUT2D eigenvalue weighted by Crippen LogP contribution is 2.20. The molecule has 0 aliphatic heterocycles. The van der Waals surface area contributed by atoms with E-state index in [0.717, 1.165) is 28.9 Å². The summed E-state index contributed by atoms with van der Waals surface area (Å²) in [5, 5.41) is 8.62. The maximum Gasteiger partial charge on any atom is 0.131 e. The number of nitrogens with zero attached hydrogens (tertiary/aromatic N) is 2. The van der Waals surface area contributed by atoms with Crippen molar-refractivity contribution in [2.24, 2.45) is 0 Å². The topological polar surface area (TPSA) is 45.6 Å². The molecular weight excluding hydrogens is 284 g/mol. The maximum atomic E-state index is 8.62. The van der Waals surface area contributed by atoms with Crippen molar-refractivity contribution in [2.75, 3.05) is 37.8 Å². The minimum Gasteiger partial charge on any atom is -0.394 e. The van der Waals surface area contributed by atoms with Crippen molar-refractivity contribution in [2.45, 2.75) is 13.8 Å². The molecule has 1 heterocycles. The Balaban J connectivity index is 2.59. The second-order valence-corrected chi connectivity index (χ2v) is 4.63. The Morgan fingerprint density at radius 3 is 2.82 bits per heavy atom. The normalized spacial score (nSPS) is 10.6. The lowest BCUT2D eigenvalue weighted by Gasteiger charge is -2.23. The van der Waals surface area contributed by atoms with Crippen molar-refractivity contribution in [3.05, 3.63) is 22.3 Å². The third kappa shape index (κ3) is 4.61. The Bertz CT molecular complexity index is 347. The van der Waals surface area contributed by atoms with E-state index >= 15 is 0 Å². The van der Waals surface area contributed by atoms with Crippen LogP contribution in [0.15, 0.2) is 16.7 Å². The first kappa shape index (κ1) is 14.4. The smallest absolute Gasteiger partial charge is 0.131 e. The van der Waals surface area contributed by atoms with Gasteiger partial charge in [0.2, 0.25) is 0 Å². The molecule has 96 valence electrons. The average Bonchev–Trinajstić information content (AvgIpc) is 2.31. The second kappa shape index (κ2) is 7.63. The van der Waals surface area contributed by atoms with Crippen molar-refractivity contribution < 1.29 is 9.84 Å². The monoisotopic (exact) mass is 302 g/mol. The van der Waals surface area contributed by atoms with Gasteiger partial charge in [0.25, 0.3) is 0 Å². The Morgan fingerprint density at radius 2 is 2.24 bits per heavy atom. The van der Waals surface area contributed by atoms with Crippen LogP contribution in [0.1, 0.15) is 12.5 Å². The van der Waals surface area contributed by atoms with E-state index in [-0.39, 0.29) is 6.61 Å². The zero-order valence-corrected chi connectivity index (χ0v) is 11.9. The minimum atomic E-state index is 0.0711. The molecule has 0 aliphatic rings. The number of anilines is 1. The van der Waals surface area contributed by atoms with Gasteiger partial charge in [-0.1, -0.05) is 0 Å². The molecule has 0 atom stereocenters. The number of aromatic nitrogens is 1. The Labute approximate surface area is 111 Å². The first-order valence-corrected chi connectivity index (χ1v) is 6.54. The Morgan fingerprint density at radius 1 is 1.47 bits per heavy atom. The largest absolute Gasteiger partial charge is 0.394 e. The summed E-state index contributed by atoms with van der Waals surface area (Å²) in [7, 11) is 0. The highest BCUT2D eigenvalue weighted by Gasteiger charge is 2.08. The van der Waals surface area contributed by atoms with Gasteiger partial charge in [0.15, 0.2) is 0 Å². The average molecular weight is 303 g/mol. The predicted molar refractivity (Wildman–Crippen MR) is 72.5 cm³/mol. The fourth-order valence-corrected chi connectivity index (χ4v) is 2.07.